The molecule has 3 aromatic carbocycles. The van der Waals surface area contributed by atoms with Gasteiger partial charge in [-0.25, -0.2) is 4.98 Å². The number of piperazine rings is 1. The van der Waals surface area contributed by atoms with Crippen molar-refractivity contribution >= 4 is 39.2 Å². The Bertz CT molecular complexity index is 1560. The molecule has 3 N–H and O–H groups in total. The second kappa shape index (κ2) is 9.01. The number of aromatic amines is 2. The zero-order valence-corrected chi connectivity index (χ0v) is 20.2. The molecule has 2 aromatic heterocycles. The monoisotopic (exact) mass is 481 g/mol. The number of H-pyrrole nitrogens is 2. The summed E-state index contributed by atoms with van der Waals surface area (Å²) < 4.78 is 5.33. The van der Waals surface area contributed by atoms with E-state index in [-0.39, 0.29) is 5.91 Å². The van der Waals surface area contributed by atoms with Crippen molar-refractivity contribution in [1.82, 2.24) is 25.1 Å². The number of anilines is 2. The van der Waals surface area contributed by atoms with Crippen LogP contribution in [0.1, 0.15) is 10.4 Å². The van der Waals surface area contributed by atoms with Crippen molar-refractivity contribution in [3.8, 4) is 17.3 Å². The first-order valence-corrected chi connectivity index (χ1v) is 12.0. The van der Waals surface area contributed by atoms with E-state index in [2.05, 4.69) is 55.5 Å². The number of nitrogens with one attached hydrogen (secondary N) is 3. The predicted octanol–water partition coefficient (Wildman–Crippen LogP) is 4.12. The fourth-order valence-corrected chi connectivity index (χ4v) is 4.67. The zero-order chi connectivity index (χ0) is 24.6. The highest BCUT2D eigenvalue weighted by Crippen LogP contribution is 2.30. The first-order chi connectivity index (χ1) is 17.6. The van der Waals surface area contributed by atoms with Crippen LogP contribution in [0.2, 0.25) is 0 Å². The summed E-state index contributed by atoms with van der Waals surface area (Å²) in [5.74, 6) is 0.968. The fraction of sp³-hybridized carbons (Fsp3) is 0.222. The molecule has 0 atom stereocenters. The number of hydrogen-bond acceptors (Lipinski definition) is 6. The third-order valence-corrected chi connectivity index (χ3v) is 6.73. The molecule has 5 aromatic rings. The molecule has 0 radical (unpaired) electrons. The molecular weight excluding hydrogens is 454 g/mol. The summed E-state index contributed by atoms with van der Waals surface area (Å²) in [5, 5.41) is 11.4. The minimum atomic E-state index is -0.239. The molecule has 6 rings (SSSR count). The number of benzene rings is 3. The van der Waals surface area contributed by atoms with Crippen LogP contribution in [0.15, 0.2) is 60.7 Å². The van der Waals surface area contributed by atoms with Gasteiger partial charge in [0.2, 0.25) is 0 Å². The van der Waals surface area contributed by atoms with Crippen molar-refractivity contribution in [2.75, 3.05) is 50.6 Å². The molecule has 182 valence electrons. The highest BCUT2D eigenvalue weighted by atomic mass is 16.5. The van der Waals surface area contributed by atoms with Crippen LogP contribution in [0.3, 0.4) is 0 Å². The second-order valence-electron chi connectivity index (χ2n) is 9.06. The van der Waals surface area contributed by atoms with Crippen LogP contribution in [0.25, 0.3) is 33.5 Å². The Labute approximate surface area is 208 Å². The molecule has 1 saturated heterocycles. The van der Waals surface area contributed by atoms with Crippen molar-refractivity contribution in [2.45, 2.75) is 0 Å². The number of imidazole rings is 1. The SMILES string of the molecule is COc1ccccc1C(=O)Nc1ccc2[nH]nc(-c3nc4ccc(N5CCN(C)CC5)cc4[nH]3)c2c1. The molecule has 9 heteroatoms. The van der Waals surface area contributed by atoms with Gasteiger partial charge in [0.15, 0.2) is 5.82 Å². The maximum Gasteiger partial charge on any atom is 0.259 e. The minimum absolute atomic E-state index is 0.239. The molecule has 36 heavy (non-hydrogen) atoms. The van der Waals surface area contributed by atoms with Crippen LogP contribution in [-0.2, 0) is 0 Å². The highest BCUT2D eigenvalue weighted by Gasteiger charge is 2.18. The van der Waals surface area contributed by atoms with Gasteiger partial charge in [-0.1, -0.05) is 12.1 Å². The second-order valence-corrected chi connectivity index (χ2v) is 9.06. The molecular formula is C27H27N7O2. The lowest BCUT2D eigenvalue weighted by Crippen LogP contribution is -2.44. The summed E-state index contributed by atoms with van der Waals surface area (Å²) in [5.41, 5.74) is 5.75. The Morgan fingerprint density at radius 2 is 1.83 bits per heavy atom. The normalized spacial score (nSPS) is 14.4. The largest absolute Gasteiger partial charge is 0.496 e. The Morgan fingerprint density at radius 1 is 1.00 bits per heavy atom. The van der Waals surface area contributed by atoms with Crippen LogP contribution in [0.4, 0.5) is 11.4 Å². The maximum atomic E-state index is 12.9. The topological polar surface area (TPSA) is 102 Å². The number of likely N-dealkylation sites (N-methyl/N-ethyl adjacent to an activating group) is 1. The van der Waals surface area contributed by atoms with E-state index in [1.165, 1.54) is 5.69 Å². The first-order valence-electron chi connectivity index (χ1n) is 12.0. The van der Waals surface area contributed by atoms with E-state index in [1.807, 2.05) is 30.3 Å². The number of nitrogens with zero attached hydrogens (tertiary/aromatic N) is 4. The van der Waals surface area contributed by atoms with E-state index < -0.39 is 0 Å². The highest BCUT2D eigenvalue weighted by molar-refractivity contribution is 6.07. The Balaban J connectivity index is 1.30. The van der Waals surface area contributed by atoms with E-state index >= 15 is 0 Å². The van der Waals surface area contributed by atoms with E-state index in [1.54, 1.807) is 19.2 Å². The number of carbonyl (C=O) groups is 1. The molecule has 0 saturated carbocycles. The van der Waals surface area contributed by atoms with Crippen LogP contribution >= 0.6 is 0 Å². The summed E-state index contributed by atoms with van der Waals surface area (Å²) in [6.07, 6.45) is 0. The summed E-state index contributed by atoms with van der Waals surface area (Å²) in [7, 11) is 3.71. The molecule has 1 aliphatic rings. The van der Waals surface area contributed by atoms with Crippen molar-refractivity contribution in [3.63, 3.8) is 0 Å². The molecule has 0 aliphatic carbocycles. The van der Waals surface area contributed by atoms with Gasteiger partial charge in [0.25, 0.3) is 5.91 Å². The lowest BCUT2D eigenvalue weighted by molar-refractivity contribution is 0.102. The fourth-order valence-electron chi connectivity index (χ4n) is 4.67. The smallest absolute Gasteiger partial charge is 0.259 e. The van der Waals surface area contributed by atoms with Gasteiger partial charge < -0.3 is 24.8 Å². The lowest BCUT2D eigenvalue weighted by atomic mass is 10.1. The van der Waals surface area contributed by atoms with Crippen molar-refractivity contribution in [1.29, 1.82) is 0 Å². The molecule has 0 unspecified atom stereocenters. The maximum absolute atomic E-state index is 12.9. The van der Waals surface area contributed by atoms with Gasteiger partial charge in [-0.05, 0) is 55.6 Å². The zero-order valence-electron chi connectivity index (χ0n) is 20.2. The third-order valence-electron chi connectivity index (χ3n) is 6.73. The van der Waals surface area contributed by atoms with E-state index in [0.717, 1.165) is 48.1 Å². The number of ether oxygens (including phenoxy) is 1. The summed E-state index contributed by atoms with van der Waals surface area (Å²) in [4.78, 5) is 25.9. The third kappa shape index (κ3) is 4.03. The lowest BCUT2D eigenvalue weighted by Gasteiger charge is -2.34. The van der Waals surface area contributed by atoms with Crippen molar-refractivity contribution in [2.24, 2.45) is 0 Å². The summed E-state index contributed by atoms with van der Waals surface area (Å²) in [6, 6.07) is 19.1. The molecule has 3 heterocycles. The quantitative estimate of drug-likeness (QED) is 0.349. The van der Waals surface area contributed by atoms with Crippen LogP contribution in [0, 0.1) is 0 Å². The summed E-state index contributed by atoms with van der Waals surface area (Å²) in [6.45, 7) is 4.13. The van der Waals surface area contributed by atoms with Gasteiger partial charge in [0.1, 0.15) is 11.4 Å². The van der Waals surface area contributed by atoms with E-state index in [4.69, 9.17) is 9.72 Å². The molecule has 0 spiro atoms. The van der Waals surface area contributed by atoms with Crippen LogP contribution < -0.4 is 15.0 Å². The first kappa shape index (κ1) is 22.1. The molecule has 1 fully saturated rings. The number of rotatable bonds is 5. The number of aromatic nitrogens is 4. The van der Waals surface area contributed by atoms with Gasteiger partial charge in [-0.15, -0.1) is 0 Å². The van der Waals surface area contributed by atoms with Crippen molar-refractivity contribution < 1.29 is 9.53 Å². The average molecular weight is 482 g/mol. The van der Waals surface area contributed by atoms with Gasteiger partial charge in [0.05, 0.1) is 29.2 Å². The van der Waals surface area contributed by atoms with Crippen LogP contribution in [-0.4, -0.2) is 71.3 Å². The number of para-hydroxylation sites is 1. The van der Waals surface area contributed by atoms with Gasteiger partial charge in [-0.3, -0.25) is 9.89 Å². The Kier molecular flexibility index (Phi) is 5.54. The molecule has 1 amide bonds. The van der Waals surface area contributed by atoms with Crippen molar-refractivity contribution in [3.05, 3.63) is 66.2 Å². The number of fused-ring (bicyclic) bond motifs is 2. The van der Waals surface area contributed by atoms with Crippen LogP contribution in [0.5, 0.6) is 5.75 Å². The molecule has 9 nitrogen and oxygen atoms in total. The average Bonchev–Trinajstić information content (AvgIpc) is 3.52. The number of hydrogen-bond donors (Lipinski definition) is 3. The number of carbonyl (C=O) groups excluding carboxylic acids is 1. The van der Waals surface area contributed by atoms with E-state index in [9.17, 15) is 4.79 Å². The van der Waals surface area contributed by atoms with E-state index in [0.29, 0.717) is 28.5 Å². The minimum Gasteiger partial charge on any atom is -0.496 e. The standard InChI is InChI=1S/C27H27N7O2/c1-33-11-13-34(14-12-33)18-8-10-22-23(16-18)30-26(29-22)25-20-15-17(7-9-21(20)31-32-25)28-27(35)19-5-3-4-6-24(19)36-2/h3-10,15-16H,11-14H2,1-2H3,(H,28,35)(H,29,30)(H,31,32). The van der Waals surface area contributed by atoms with Gasteiger partial charge in [-0.2, -0.15) is 5.10 Å². The molecule has 1 aliphatic heterocycles. The number of methoxy groups -OCH3 is 1. The van der Waals surface area contributed by atoms with Gasteiger partial charge in [0, 0.05) is 42.9 Å². The summed E-state index contributed by atoms with van der Waals surface area (Å²) >= 11 is 0. The Morgan fingerprint density at radius 3 is 2.67 bits per heavy atom. The van der Waals surface area contributed by atoms with Gasteiger partial charge >= 0.3 is 0 Å². The molecule has 0 bridgehead atoms. The Hall–Kier alpha value is -4.37. The number of amides is 1. The predicted molar refractivity (Wildman–Crippen MR) is 142 cm³/mol.